The molecule has 1 amide bonds. The lowest BCUT2D eigenvalue weighted by atomic mass is 10.1. The maximum absolute atomic E-state index is 12.6. The summed E-state index contributed by atoms with van der Waals surface area (Å²) in [7, 11) is 3.37. The first-order valence-electron chi connectivity index (χ1n) is 9.94. The molecule has 0 spiro atoms. The largest absolute Gasteiger partial charge is 0.497 e. The van der Waals surface area contributed by atoms with Crippen LogP contribution in [0.4, 0.5) is 0 Å². The Morgan fingerprint density at radius 1 is 0.929 bits per heavy atom. The van der Waals surface area contributed by atoms with Crippen molar-refractivity contribution in [3.05, 3.63) is 59.7 Å². The zero-order valence-electron chi connectivity index (χ0n) is 16.9. The number of carbonyl (C=O) groups excluding carboxylic acids is 1. The zero-order chi connectivity index (χ0) is 19.8. The number of carbonyl (C=O) groups is 1. The van der Waals surface area contributed by atoms with Gasteiger partial charge in [0, 0.05) is 26.2 Å². The number of piperazine rings is 1. The molecule has 1 aliphatic heterocycles. The lowest BCUT2D eigenvalue weighted by Crippen LogP contribution is -2.49. The molecule has 28 heavy (non-hydrogen) atoms. The summed E-state index contributed by atoms with van der Waals surface area (Å²) < 4.78 is 10.6. The third-order valence-electron chi connectivity index (χ3n) is 5.35. The molecule has 0 aliphatic carbocycles. The summed E-state index contributed by atoms with van der Waals surface area (Å²) in [5.74, 6) is 1.99. The minimum Gasteiger partial charge on any atom is -0.497 e. The Morgan fingerprint density at radius 3 is 2.32 bits per heavy atom. The molecule has 1 saturated heterocycles. The normalized spacial score (nSPS) is 14.7. The molecule has 0 atom stereocenters. The van der Waals surface area contributed by atoms with Crippen LogP contribution in [0.1, 0.15) is 17.5 Å². The molecule has 1 aliphatic rings. The first kappa shape index (κ1) is 20.2. The van der Waals surface area contributed by atoms with E-state index in [1.807, 2.05) is 41.3 Å². The third kappa shape index (κ3) is 5.49. The van der Waals surface area contributed by atoms with E-state index < -0.39 is 0 Å². The number of benzene rings is 2. The number of ether oxygens (including phenoxy) is 2. The predicted molar refractivity (Wildman–Crippen MR) is 111 cm³/mol. The maximum atomic E-state index is 12.6. The second-order valence-electron chi connectivity index (χ2n) is 7.16. The highest BCUT2D eigenvalue weighted by atomic mass is 16.5. The van der Waals surface area contributed by atoms with Crippen molar-refractivity contribution in [3.63, 3.8) is 0 Å². The quantitative estimate of drug-likeness (QED) is 0.704. The number of amides is 1. The first-order chi connectivity index (χ1) is 13.7. The molecule has 150 valence electrons. The fourth-order valence-electron chi connectivity index (χ4n) is 3.65. The van der Waals surface area contributed by atoms with Crippen molar-refractivity contribution in [2.75, 3.05) is 46.9 Å². The molecular formula is C23H30N2O3. The Hall–Kier alpha value is -2.53. The number of rotatable bonds is 8. The van der Waals surface area contributed by atoms with E-state index in [0.717, 1.165) is 62.6 Å². The zero-order valence-corrected chi connectivity index (χ0v) is 16.9. The van der Waals surface area contributed by atoms with Gasteiger partial charge >= 0.3 is 0 Å². The minimum absolute atomic E-state index is 0.207. The molecule has 0 unspecified atom stereocenters. The van der Waals surface area contributed by atoms with Crippen LogP contribution in [0.5, 0.6) is 11.5 Å². The van der Waals surface area contributed by atoms with Crippen LogP contribution in [-0.2, 0) is 17.6 Å². The van der Waals surface area contributed by atoms with E-state index >= 15 is 0 Å². The van der Waals surface area contributed by atoms with Gasteiger partial charge in [0.2, 0.25) is 5.91 Å². The van der Waals surface area contributed by atoms with Gasteiger partial charge < -0.3 is 14.4 Å². The van der Waals surface area contributed by atoms with Gasteiger partial charge in [0.15, 0.2) is 0 Å². The summed E-state index contributed by atoms with van der Waals surface area (Å²) in [5, 5.41) is 0. The lowest BCUT2D eigenvalue weighted by Gasteiger charge is -2.34. The Bertz CT molecular complexity index is 753. The van der Waals surface area contributed by atoms with Gasteiger partial charge in [0.1, 0.15) is 11.5 Å². The van der Waals surface area contributed by atoms with Crippen LogP contribution in [0.15, 0.2) is 48.5 Å². The van der Waals surface area contributed by atoms with Crippen molar-refractivity contribution in [3.8, 4) is 11.5 Å². The molecule has 0 N–H and O–H groups in total. The van der Waals surface area contributed by atoms with E-state index in [2.05, 4.69) is 17.0 Å². The van der Waals surface area contributed by atoms with E-state index in [1.165, 1.54) is 5.56 Å². The maximum Gasteiger partial charge on any atom is 0.227 e. The molecule has 0 aromatic heterocycles. The van der Waals surface area contributed by atoms with Crippen molar-refractivity contribution in [1.29, 1.82) is 0 Å². The van der Waals surface area contributed by atoms with Gasteiger partial charge in [-0.3, -0.25) is 9.69 Å². The van der Waals surface area contributed by atoms with Crippen LogP contribution >= 0.6 is 0 Å². The van der Waals surface area contributed by atoms with E-state index in [4.69, 9.17) is 9.47 Å². The van der Waals surface area contributed by atoms with Crippen LogP contribution in [0.2, 0.25) is 0 Å². The second kappa shape index (κ2) is 10.1. The molecule has 3 rings (SSSR count). The van der Waals surface area contributed by atoms with E-state index in [-0.39, 0.29) is 5.91 Å². The molecule has 0 bridgehead atoms. The Kier molecular flexibility index (Phi) is 7.31. The fourth-order valence-corrected chi connectivity index (χ4v) is 3.65. The molecule has 5 nitrogen and oxygen atoms in total. The van der Waals surface area contributed by atoms with Gasteiger partial charge in [-0.15, -0.1) is 0 Å². The minimum atomic E-state index is 0.207. The van der Waals surface area contributed by atoms with Crippen molar-refractivity contribution in [1.82, 2.24) is 9.80 Å². The summed E-state index contributed by atoms with van der Waals surface area (Å²) in [6.45, 7) is 4.56. The standard InChI is InChI=1S/C23H30N2O3/c1-27-21-11-9-19(10-12-21)18-23(26)25-16-14-24(15-17-25)13-5-7-20-6-3-4-8-22(20)28-2/h3-4,6,8-12H,5,7,13-18H2,1-2H3. The van der Waals surface area contributed by atoms with Gasteiger partial charge in [0.25, 0.3) is 0 Å². The van der Waals surface area contributed by atoms with Gasteiger partial charge in [0.05, 0.1) is 20.6 Å². The SMILES string of the molecule is COc1ccc(CC(=O)N2CCN(CCCc3ccccc3OC)CC2)cc1. The summed E-state index contributed by atoms with van der Waals surface area (Å²) >= 11 is 0. The van der Waals surface area contributed by atoms with Crippen molar-refractivity contribution in [2.24, 2.45) is 0 Å². The van der Waals surface area contributed by atoms with E-state index in [9.17, 15) is 4.79 Å². The number of methoxy groups -OCH3 is 2. The van der Waals surface area contributed by atoms with E-state index in [1.54, 1.807) is 14.2 Å². The number of aryl methyl sites for hydroxylation is 1. The number of hydrogen-bond acceptors (Lipinski definition) is 4. The Balaban J connectivity index is 1.39. The van der Waals surface area contributed by atoms with Crippen LogP contribution in [0, 0.1) is 0 Å². The van der Waals surface area contributed by atoms with Gasteiger partial charge in [-0.2, -0.15) is 0 Å². The second-order valence-corrected chi connectivity index (χ2v) is 7.16. The number of para-hydroxylation sites is 1. The van der Waals surface area contributed by atoms with Crippen molar-refractivity contribution >= 4 is 5.91 Å². The first-order valence-corrected chi connectivity index (χ1v) is 9.94. The smallest absolute Gasteiger partial charge is 0.227 e. The molecule has 0 radical (unpaired) electrons. The average molecular weight is 383 g/mol. The van der Waals surface area contributed by atoms with Crippen LogP contribution in [-0.4, -0.2) is 62.7 Å². The van der Waals surface area contributed by atoms with E-state index in [0.29, 0.717) is 6.42 Å². The summed E-state index contributed by atoms with van der Waals surface area (Å²) in [6, 6.07) is 16.0. The molecule has 5 heteroatoms. The lowest BCUT2D eigenvalue weighted by molar-refractivity contribution is -0.132. The summed E-state index contributed by atoms with van der Waals surface area (Å²) in [4.78, 5) is 17.0. The van der Waals surface area contributed by atoms with Crippen LogP contribution in [0.3, 0.4) is 0 Å². The predicted octanol–water partition coefficient (Wildman–Crippen LogP) is 3.02. The summed E-state index contributed by atoms with van der Waals surface area (Å²) in [5.41, 5.74) is 2.29. The molecule has 0 saturated carbocycles. The molecule has 2 aromatic carbocycles. The Labute approximate surface area is 167 Å². The number of hydrogen-bond donors (Lipinski definition) is 0. The molecule has 1 heterocycles. The highest BCUT2D eigenvalue weighted by Crippen LogP contribution is 2.19. The van der Waals surface area contributed by atoms with Crippen LogP contribution < -0.4 is 9.47 Å². The van der Waals surface area contributed by atoms with Crippen LogP contribution in [0.25, 0.3) is 0 Å². The fraction of sp³-hybridized carbons (Fsp3) is 0.435. The van der Waals surface area contributed by atoms with Gasteiger partial charge in [-0.1, -0.05) is 30.3 Å². The third-order valence-corrected chi connectivity index (χ3v) is 5.35. The highest BCUT2D eigenvalue weighted by molar-refractivity contribution is 5.79. The number of nitrogens with zero attached hydrogens (tertiary/aromatic N) is 2. The topological polar surface area (TPSA) is 42.0 Å². The molecule has 2 aromatic rings. The molecule has 1 fully saturated rings. The molecular weight excluding hydrogens is 352 g/mol. The van der Waals surface area contributed by atoms with Gasteiger partial charge in [-0.05, 0) is 48.7 Å². The van der Waals surface area contributed by atoms with Crippen molar-refractivity contribution in [2.45, 2.75) is 19.3 Å². The van der Waals surface area contributed by atoms with Crippen molar-refractivity contribution < 1.29 is 14.3 Å². The summed E-state index contributed by atoms with van der Waals surface area (Å²) in [6.07, 6.45) is 2.57. The Morgan fingerprint density at radius 2 is 1.64 bits per heavy atom. The van der Waals surface area contributed by atoms with Gasteiger partial charge in [-0.25, -0.2) is 0 Å². The monoisotopic (exact) mass is 382 g/mol. The average Bonchev–Trinajstić information content (AvgIpc) is 2.75. The highest BCUT2D eigenvalue weighted by Gasteiger charge is 2.21.